The lowest BCUT2D eigenvalue weighted by atomic mass is 9.99. The number of rotatable bonds is 3. The first-order chi connectivity index (χ1) is 8.43. The van der Waals surface area contributed by atoms with Crippen LogP contribution in [0.1, 0.15) is 17.2 Å². The molecule has 1 aromatic carbocycles. The van der Waals surface area contributed by atoms with Gasteiger partial charge >= 0.3 is 6.18 Å². The number of aryl methyl sites for hydroxylation is 1. The van der Waals surface area contributed by atoms with Crippen molar-refractivity contribution in [3.8, 4) is 0 Å². The fourth-order valence-corrected chi connectivity index (χ4v) is 3.14. The lowest BCUT2D eigenvalue weighted by Crippen LogP contribution is -2.44. The van der Waals surface area contributed by atoms with Crippen molar-refractivity contribution in [1.82, 2.24) is 5.32 Å². The molecule has 0 bridgehead atoms. The van der Waals surface area contributed by atoms with Crippen molar-refractivity contribution in [1.29, 1.82) is 0 Å². The van der Waals surface area contributed by atoms with Gasteiger partial charge in [-0.25, -0.2) is 0 Å². The molecule has 1 heterocycles. The van der Waals surface area contributed by atoms with Crippen LogP contribution in [-0.2, 0) is 6.42 Å². The van der Waals surface area contributed by atoms with Crippen LogP contribution in [0.15, 0.2) is 23.1 Å². The maximum atomic E-state index is 12.7. The third-order valence-electron chi connectivity index (χ3n) is 3.03. The van der Waals surface area contributed by atoms with Gasteiger partial charge in [0, 0.05) is 10.6 Å². The van der Waals surface area contributed by atoms with E-state index in [1.54, 1.807) is 30.0 Å². The molecule has 1 aromatic rings. The first kappa shape index (κ1) is 13.7. The molecule has 1 aliphatic heterocycles. The van der Waals surface area contributed by atoms with Gasteiger partial charge in [-0.2, -0.15) is 13.2 Å². The molecule has 2 unspecified atom stereocenters. The number of alkyl halides is 3. The molecule has 1 aliphatic rings. The van der Waals surface area contributed by atoms with Crippen LogP contribution in [0.25, 0.3) is 0 Å². The monoisotopic (exact) mass is 277 g/mol. The predicted octanol–water partition coefficient (Wildman–Crippen LogP) is 2.52. The molecule has 0 amide bonds. The number of fused-ring (bicyclic) bond motifs is 1. The van der Waals surface area contributed by atoms with E-state index in [2.05, 4.69) is 5.32 Å². The number of halogens is 3. The molecule has 2 rings (SSSR count). The number of nitrogens with one attached hydrogen (secondary N) is 1. The highest BCUT2D eigenvalue weighted by Crippen LogP contribution is 2.35. The van der Waals surface area contributed by atoms with Crippen LogP contribution in [0.2, 0.25) is 0 Å². The molecule has 0 saturated carbocycles. The largest absolute Gasteiger partial charge is 0.406 e. The van der Waals surface area contributed by atoms with Crippen LogP contribution < -0.4 is 5.32 Å². The van der Waals surface area contributed by atoms with Gasteiger partial charge in [0.15, 0.2) is 0 Å². The van der Waals surface area contributed by atoms with Crippen LogP contribution in [0, 0.1) is 0 Å². The first-order valence-corrected chi connectivity index (χ1v) is 6.59. The Morgan fingerprint density at radius 3 is 2.72 bits per heavy atom. The highest BCUT2D eigenvalue weighted by Gasteiger charge is 2.43. The molecule has 0 spiro atoms. The zero-order valence-corrected chi connectivity index (χ0v) is 10.6. The average Bonchev–Trinajstić information content (AvgIpc) is 2.74. The molecule has 2 atom stereocenters. The van der Waals surface area contributed by atoms with Gasteiger partial charge in [0.1, 0.15) is 12.1 Å². The van der Waals surface area contributed by atoms with E-state index in [1.165, 1.54) is 7.05 Å². The summed E-state index contributed by atoms with van der Waals surface area (Å²) in [6, 6.07) is 3.09. The number of aliphatic hydroxyl groups is 1. The minimum atomic E-state index is -4.47. The van der Waals surface area contributed by atoms with E-state index in [1.807, 2.05) is 0 Å². The van der Waals surface area contributed by atoms with E-state index in [0.717, 1.165) is 22.6 Å². The Balaban J connectivity index is 2.25. The maximum absolute atomic E-state index is 12.7. The summed E-state index contributed by atoms with van der Waals surface area (Å²) in [6.07, 6.45) is -5.20. The third-order valence-corrected chi connectivity index (χ3v) is 4.15. The summed E-state index contributed by atoms with van der Waals surface area (Å²) < 4.78 is 38.1. The highest BCUT2D eigenvalue weighted by atomic mass is 32.2. The molecule has 2 N–H and O–H groups in total. The van der Waals surface area contributed by atoms with E-state index in [0.29, 0.717) is 5.56 Å². The standard InChI is InChI=1S/C12H14F3NOS/c1-16-11(12(13,14)15)10(17)8-2-3-9-7(6-8)4-5-18-9/h2-3,6,10-11,16-17H,4-5H2,1H3. The molecular weight excluding hydrogens is 263 g/mol. The molecule has 100 valence electrons. The van der Waals surface area contributed by atoms with E-state index in [-0.39, 0.29) is 0 Å². The zero-order valence-electron chi connectivity index (χ0n) is 9.79. The Labute approximate surface area is 108 Å². The summed E-state index contributed by atoms with van der Waals surface area (Å²) >= 11 is 1.69. The van der Waals surface area contributed by atoms with Gasteiger partial charge in [0.25, 0.3) is 0 Å². The Morgan fingerprint density at radius 1 is 1.39 bits per heavy atom. The van der Waals surface area contributed by atoms with Crippen molar-refractivity contribution >= 4 is 11.8 Å². The molecular formula is C12H14F3NOS. The quantitative estimate of drug-likeness (QED) is 0.890. The summed E-state index contributed by atoms with van der Waals surface area (Å²) in [4.78, 5) is 1.10. The summed E-state index contributed by atoms with van der Waals surface area (Å²) in [5, 5.41) is 12.0. The average molecular weight is 277 g/mol. The second kappa shape index (κ2) is 5.11. The van der Waals surface area contributed by atoms with Gasteiger partial charge in [-0.05, 0) is 30.7 Å². The fourth-order valence-electron chi connectivity index (χ4n) is 2.08. The van der Waals surface area contributed by atoms with Gasteiger partial charge in [0.05, 0.1) is 0 Å². The Bertz CT molecular complexity index is 436. The number of hydrogen-bond donors (Lipinski definition) is 2. The van der Waals surface area contributed by atoms with E-state index in [4.69, 9.17) is 0 Å². The molecule has 18 heavy (non-hydrogen) atoms. The zero-order chi connectivity index (χ0) is 13.3. The molecule has 0 fully saturated rings. The lowest BCUT2D eigenvalue weighted by molar-refractivity contribution is -0.177. The van der Waals surface area contributed by atoms with Gasteiger partial charge in [-0.3, -0.25) is 0 Å². The van der Waals surface area contributed by atoms with E-state index >= 15 is 0 Å². The summed E-state index contributed by atoms with van der Waals surface area (Å²) in [7, 11) is 1.20. The normalized spacial score (nSPS) is 18.5. The minimum Gasteiger partial charge on any atom is -0.386 e. The van der Waals surface area contributed by atoms with E-state index in [9.17, 15) is 18.3 Å². The molecule has 0 saturated heterocycles. The number of thioether (sulfide) groups is 1. The number of hydrogen-bond acceptors (Lipinski definition) is 3. The second-order valence-electron chi connectivity index (χ2n) is 4.22. The lowest BCUT2D eigenvalue weighted by Gasteiger charge is -2.25. The van der Waals surface area contributed by atoms with Gasteiger partial charge < -0.3 is 10.4 Å². The summed E-state index contributed by atoms with van der Waals surface area (Å²) in [6.45, 7) is 0. The molecule has 6 heteroatoms. The van der Waals surface area contributed by atoms with Gasteiger partial charge in [-0.15, -0.1) is 11.8 Å². The van der Waals surface area contributed by atoms with Crippen LogP contribution in [-0.4, -0.2) is 30.1 Å². The predicted molar refractivity (Wildman–Crippen MR) is 64.7 cm³/mol. The van der Waals surface area contributed by atoms with Crippen LogP contribution in [0.4, 0.5) is 13.2 Å². The number of likely N-dealkylation sites (N-methyl/N-ethyl adjacent to an activating group) is 1. The van der Waals surface area contributed by atoms with Crippen molar-refractivity contribution in [2.24, 2.45) is 0 Å². The Kier molecular flexibility index (Phi) is 3.89. The topological polar surface area (TPSA) is 32.3 Å². The fraction of sp³-hybridized carbons (Fsp3) is 0.500. The van der Waals surface area contributed by atoms with Crippen molar-refractivity contribution in [3.05, 3.63) is 29.3 Å². The van der Waals surface area contributed by atoms with Gasteiger partial charge in [0.2, 0.25) is 0 Å². The van der Waals surface area contributed by atoms with Crippen molar-refractivity contribution in [2.75, 3.05) is 12.8 Å². The highest BCUT2D eigenvalue weighted by molar-refractivity contribution is 7.99. The van der Waals surface area contributed by atoms with E-state index < -0.39 is 18.3 Å². The molecule has 0 aromatic heterocycles. The minimum absolute atomic E-state index is 0.313. The Hall–Kier alpha value is -0.720. The van der Waals surface area contributed by atoms with Crippen molar-refractivity contribution in [3.63, 3.8) is 0 Å². The number of aliphatic hydroxyl groups excluding tert-OH is 1. The maximum Gasteiger partial charge on any atom is 0.406 e. The van der Waals surface area contributed by atoms with Crippen LogP contribution in [0.5, 0.6) is 0 Å². The number of benzene rings is 1. The molecule has 0 aliphatic carbocycles. The second-order valence-corrected chi connectivity index (χ2v) is 5.36. The van der Waals surface area contributed by atoms with Crippen molar-refractivity contribution < 1.29 is 18.3 Å². The van der Waals surface area contributed by atoms with Gasteiger partial charge in [-0.1, -0.05) is 12.1 Å². The third kappa shape index (κ3) is 2.65. The van der Waals surface area contributed by atoms with Crippen LogP contribution in [0.3, 0.4) is 0 Å². The first-order valence-electron chi connectivity index (χ1n) is 5.61. The molecule has 0 radical (unpaired) electrons. The summed E-state index contributed by atoms with van der Waals surface area (Å²) in [5.74, 6) is 0.948. The molecule has 2 nitrogen and oxygen atoms in total. The smallest absolute Gasteiger partial charge is 0.386 e. The SMILES string of the molecule is CNC(C(O)c1ccc2c(c1)CCS2)C(F)(F)F. The van der Waals surface area contributed by atoms with Crippen molar-refractivity contribution in [2.45, 2.75) is 29.6 Å². The summed E-state index contributed by atoms with van der Waals surface area (Å²) in [5.41, 5.74) is 1.33. The van der Waals surface area contributed by atoms with Crippen LogP contribution >= 0.6 is 11.8 Å². The Morgan fingerprint density at radius 2 is 2.11 bits per heavy atom.